The summed E-state index contributed by atoms with van der Waals surface area (Å²) in [5, 5.41) is 12.1. The van der Waals surface area contributed by atoms with Crippen molar-refractivity contribution in [3.8, 4) is 50.6 Å². The maximum absolute atomic E-state index is 10.9. The normalized spacial score (nSPS) is 10.8. The molecule has 0 spiro atoms. The van der Waals surface area contributed by atoms with Crippen molar-refractivity contribution in [2.75, 3.05) is 9.80 Å². The molecule has 286 valence electrons. The first-order valence-electron chi connectivity index (χ1n) is 19.7. The Kier molecular flexibility index (Phi) is 11.0. The van der Waals surface area contributed by atoms with Gasteiger partial charge in [-0.2, -0.15) is 5.26 Å². The van der Waals surface area contributed by atoms with Crippen molar-refractivity contribution in [2.24, 2.45) is 0 Å². The minimum atomic E-state index is 0.485. The lowest BCUT2D eigenvalue weighted by Crippen LogP contribution is -2.16. The maximum Gasteiger partial charge on any atom is 0.0993 e. The average molecular weight is 811 g/mol. The fraction of sp³-hybridized carbons (Fsp3) is 0. The molecule has 0 aliphatic rings. The number of rotatable bonds is 10. The number of hydrogen-bond acceptors (Lipinski definition) is 3. The number of halogens is 2. The second-order valence-electron chi connectivity index (χ2n) is 14.3. The number of nitriles is 1. The molecule has 0 aromatic heterocycles. The van der Waals surface area contributed by atoms with Gasteiger partial charge in [-0.3, -0.25) is 0 Å². The minimum absolute atomic E-state index is 0.485. The first-order chi connectivity index (χ1) is 29.6. The zero-order chi connectivity index (χ0) is 40.8. The van der Waals surface area contributed by atoms with Crippen LogP contribution in [0.25, 0.3) is 44.5 Å². The van der Waals surface area contributed by atoms with Gasteiger partial charge in [0.2, 0.25) is 0 Å². The lowest BCUT2D eigenvalue weighted by Gasteiger charge is -2.33. The van der Waals surface area contributed by atoms with Gasteiger partial charge in [0.1, 0.15) is 0 Å². The van der Waals surface area contributed by atoms with Crippen molar-refractivity contribution >= 4 is 57.3 Å². The van der Waals surface area contributed by atoms with Gasteiger partial charge in [0, 0.05) is 55.0 Å². The molecule has 0 fully saturated rings. The number of benzene rings is 9. The van der Waals surface area contributed by atoms with Gasteiger partial charge in [-0.25, -0.2) is 0 Å². The van der Waals surface area contributed by atoms with Crippen LogP contribution >= 0.6 is 23.2 Å². The Balaban J connectivity index is 1.38. The number of para-hydroxylation sites is 2. The molecular weight excluding hydrogens is 774 g/mol. The van der Waals surface area contributed by atoms with Gasteiger partial charge in [-0.1, -0.05) is 193 Å². The Morgan fingerprint density at radius 1 is 0.317 bits per heavy atom. The summed E-state index contributed by atoms with van der Waals surface area (Å²) in [5.41, 5.74) is 13.9. The van der Waals surface area contributed by atoms with Crippen LogP contribution in [-0.2, 0) is 0 Å². The molecule has 60 heavy (non-hydrogen) atoms. The Labute approximate surface area is 361 Å². The van der Waals surface area contributed by atoms with Gasteiger partial charge < -0.3 is 9.80 Å². The van der Waals surface area contributed by atoms with Crippen LogP contribution in [0.1, 0.15) is 5.56 Å². The van der Waals surface area contributed by atoms with Crippen molar-refractivity contribution < 1.29 is 0 Å². The summed E-state index contributed by atoms with van der Waals surface area (Å²) in [5.74, 6) is 0. The van der Waals surface area contributed by atoms with E-state index in [0.29, 0.717) is 15.6 Å². The fourth-order valence-corrected chi connectivity index (χ4v) is 8.30. The predicted molar refractivity (Wildman–Crippen MR) is 252 cm³/mol. The molecule has 0 N–H and O–H groups in total. The van der Waals surface area contributed by atoms with Crippen LogP contribution in [-0.4, -0.2) is 0 Å². The smallest absolute Gasteiger partial charge is 0.0993 e. The molecule has 3 nitrogen and oxygen atoms in total. The topological polar surface area (TPSA) is 30.3 Å². The molecule has 0 aliphatic carbocycles. The Hall–Kier alpha value is -7.35. The highest BCUT2D eigenvalue weighted by molar-refractivity contribution is 6.31. The highest BCUT2D eigenvalue weighted by atomic mass is 35.5. The molecule has 0 aliphatic heterocycles. The highest BCUT2D eigenvalue weighted by Gasteiger charge is 2.27. The van der Waals surface area contributed by atoms with Crippen molar-refractivity contribution in [1.82, 2.24) is 0 Å². The first kappa shape index (κ1) is 38.2. The molecule has 0 atom stereocenters. The summed E-state index contributed by atoms with van der Waals surface area (Å²) < 4.78 is 0. The van der Waals surface area contributed by atoms with Crippen LogP contribution < -0.4 is 9.80 Å². The second kappa shape index (κ2) is 17.2. The molecule has 9 aromatic carbocycles. The van der Waals surface area contributed by atoms with Crippen molar-refractivity contribution in [3.63, 3.8) is 0 Å². The maximum atomic E-state index is 10.9. The van der Waals surface area contributed by atoms with Crippen molar-refractivity contribution in [1.29, 1.82) is 5.26 Å². The van der Waals surface area contributed by atoms with E-state index >= 15 is 0 Å². The Morgan fingerprint density at radius 2 is 0.633 bits per heavy atom. The van der Waals surface area contributed by atoms with Crippen LogP contribution in [0.2, 0.25) is 10.0 Å². The molecule has 0 saturated heterocycles. The van der Waals surface area contributed by atoms with Gasteiger partial charge in [0.15, 0.2) is 0 Å². The molecule has 0 radical (unpaired) electrons. The molecule has 0 saturated carbocycles. The minimum Gasteiger partial charge on any atom is -0.309 e. The Morgan fingerprint density at radius 3 is 0.933 bits per heavy atom. The van der Waals surface area contributed by atoms with E-state index in [4.69, 9.17) is 23.2 Å². The third kappa shape index (κ3) is 7.78. The van der Waals surface area contributed by atoms with Gasteiger partial charge in [-0.05, 0) is 76.9 Å². The number of hydrogen-bond donors (Lipinski definition) is 0. The zero-order valence-electron chi connectivity index (χ0n) is 32.5. The van der Waals surface area contributed by atoms with Crippen LogP contribution in [0.3, 0.4) is 0 Å². The van der Waals surface area contributed by atoms with E-state index in [2.05, 4.69) is 168 Å². The van der Waals surface area contributed by atoms with E-state index in [0.717, 1.165) is 78.6 Å². The summed E-state index contributed by atoms with van der Waals surface area (Å²) in [6.45, 7) is 0. The van der Waals surface area contributed by atoms with Crippen LogP contribution in [0.5, 0.6) is 0 Å². The van der Waals surface area contributed by atoms with Gasteiger partial charge in [-0.15, -0.1) is 0 Å². The summed E-state index contributed by atoms with van der Waals surface area (Å²) >= 11 is 13.7. The molecule has 5 heteroatoms. The van der Waals surface area contributed by atoms with Gasteiger partial charge in [0.05, 0.1) is 23.0 Å². The molecular formula is C55H37Cl2N3. The fourth-order valence-electron chi connectivity index (χ4n) is 7.93. The quantitative estimate of drug-likeness (QED) is 0.138. The highest BCUT2D eigenvalue weighted by Crippen LogP contribution is 2.51. The lowest BCUT2D eigenvalue weighted by atomic mass is 9.93. The van der Waals surface area contributed by atoms with E-state index in [1.807, 2.05) is 72.8 Å². The number of anilines is 6. The first-order valence-corrected chi connectivity index (χ1v) is 20.5. The summed E-state index contributed by atoms with van der Waals surface area (Å²) in [6, 6.07) is 78.9. The SMILES string of the molecule is N#Cc1cc(N(c2cccc(Cl)c2)c2c(-c3ccccc3)cccc2-c2ccccc2)cc(N(c2cccc(Cl)c2)c2c(-c3ccccc3)cccc2-c2ccccc2)c1. The molecule has 9 aromatic rings. The summed E-state index contributed by atoms with van der Waals surface area (Å²) in [4.78, 5) is 4.47. The second-order valence-corrected chi connectivity index (χ2v) is 15.2. The molecule has 0 unspecified atom stereocenters. The predicted octanol–water partition coefficient (Wildman–Crippen LogP) is 16.5. The average Bonchev–Trinajstić information content (AvgIpc) is 3.30. The molecule has 9 rings (SSSR count). The van der Waals surface area contributed by atoms with Gasteiger partial charge in [0.25, 0.3) is 0 Å². The van der Waals surface area contributed by atoms with Crippen LogP contribution in [0.4, 0.5) is 34.1 Å². The van der Waals surface area contributed by atoms with E-state index in [-0.39, 0.29) is 0 Å². The monoisotopic (exact) mass is 809 g/mol. The van der Waals surface area contributed by atoms with E-state index < -0.39 is 0 Å². The van der Waals surface area contributed by atoms with Crippen LogP contribution in [0, 0.1) is 11.3 Å². The molecule has 0 heterocycles. The summed E-state index contributed by atoms with van der Waals surface area (Å²) in [6.07, 6.45) is 0. The van der Waals surface area contributed by atoms with E-state index in [9.17, 15) is 5.26 Å². The molecule has 0 amide bonds. The lowest BCUT2D eigenvalue weighted by molar-refractivity contribution is 1.24. The summed E-state index contributed by atoms with van der Waals surface area (Å²) in [7, 11) is 0. The zero-order valence-corrected chi connectivity index (χ0v) is 34.0. The standard InChI is InChI=1S/C55H37Cl2N3/c56-44-25-13-27-46(35-44)59(54-50(40-17-5-1-6-18-40)29-15-30-51(54)41-19-7-2-8-20-41)48-33-39(38-58)34-49(37-48)60(47-28-14-26-45(57)36-47)55-52(42-21-9-3-10-22-42)31-16-32-53(55)43-23-11-4-12-24-43/h1-37H. The van der Waals surface area contributed by atoms with E-state index in [1.165, 1.54) is 0 Å². The van der Waals surface area contributed by atoms with E-state index in [1.54, 1.807) is 0 Å². The molecule has 0 bridgehead atoms. The van der Waals surface area contributed by atoms with Crippen molar-refractivity contribution in [3.05, 3.63) is 240 Å². The largest absolute Gasteiger partial charge is 0.309 e. The van der Waals surface area contributed by atoms with Gasteiger partial charge >= 0.3 is 0 Å². The third-order valence-corrected chi connectivity index (χ3v) is 11.0. The Bertz CT molecular complexity index is 2650. The number of nitrogens with zero attached hydrogens (tertiary/aromatic N) is 3. The van der Waals surface area contributed by atoms with Crippen molar-refractivity contribution in [2.45, 2.75) is 0 Å². The van der Waals surface area contributed by atoms with Crippen LogP contribution in [0.15, 0.2) is 224 Å². The third-order valence-electron chi connectivity index (χ3n) is 10.5.